The van der Waals surface area contributed by atoms with Crippen molar-refractivity contribution >= 4 is 29.4 Å². The maximum Gasteiger partial charge on any atom is 0.328 e. The predicted molar refractivity (Wildman–Crippen MR) is 109 cm³/mol. The van der Waals surface area contributed by atoms with Gasteiger partial charge in [0.1, 0.15) is 6.04 Å². The molecule has 0 spiro atoms. The van der Waals surface area contributed by atoms with Crippen LogP contribution in [0.1, 0.15) is 37.9 Å². The Bertz CT molecular complexity index is 1210. The molecule has 0 unspecified atom stereocenters. The second-order valence-electron chi connectivity index (χ2n) is 8.00. The molecule has 3 atom stereocenters. The maximum absolute atomic E-state index is 13.8. The zero-order chi connectivity index (χ0) is 23.4. The van der Waals surface area contributed by atoms with Crippen LogP contribution in [-0.4, -0.2) is 68.8 Å². The molecule has 1 N–H and O–H groups in total. The van der Waals surface area contributed by atoms with Crippen LogP contribution in [0.4, 0.5) is 5.69 Å². The Morgan fingerprint density at radius 2 is 1.67 bits per heavy atom. The number of hydrogen-bond acceptors (Lipinski definition) is 7. The van der Waals surface area contributed by atoms with Crippen LogP contribution in [0.15, 0.2) is 42.5 Å². The summed E-state index contributed by atoms with van der Waals surface area (Å²) in [6, 6.07) is 6.66. The lowest BCUT2D eigenvalue weighted by Crippen LogP contribution is -2.59. The van der Waals surface area contributed by atoms with Gasteiger partial charge in [-0.2, -0.15) is 0 Å². The van der Waals surface area contributed by atoms with Crippen LogP contribution in [0, 0.1) is 10.1 Å². The van der Waals surface area contributed by atoms with E-state index in [0.29, 0.717) is 5.56 Å². The summed E-state index contributed by atoms with van der Waals surface area (Å²) >= 11 is 0. The second kappa shape index (κ2) is 7.48. The lowest BCUT2D eigenvalue weighted by Gasteiger charge is -2.41. The van der Waals surface area contributed by atoms with Gasteiger partial charge in [-0.15, -0.1) is 0 Å². The quantitative estimate of drug-likeness (QED) is 0.415. The molecule has 1 fully saturated rings. The molecule has 3 aliphatic heterocycles. The lowest BCUT2D eigenvalue weighted by atomic mass is 9.95. The Morgan fingerprint density at radius 1 is 1.00 bits per heavy atom. The predicted octanol–water partition coefficient (Wildman–Crippen LogP) is 1.17. The van der Waals surface area contributed by atoms with Gasteiger partial charge in [-0.25, -0.2) is 4.79 Å². The monoisotopic (exact) mass is 451 g/mol. The van der Waals surface area contributed by atoms with Crippen molar-refractivity contribution in [3.63, 3.8) is 0 Å². The summed E-state index contributed by atoms with van der Waals surface area (Å²) in [4.78, 5) is 65.0. The number of morpholine rings is 1. The molecule has 5 rings (SSSR count). The largest absolute Gasteiger partial charge is 0.480 e. The van der Waals surface area contributed by atoms with E-state index in [1.807, 2.05) is 0 Å². The SMILES string of the molecule is O=C(O)[C@@H]1COC[C@@H]2c3cccc([N+](=O)[O-])c3C[C@H](N3C(=O)c4ccccc4C3=O)C(=O)N21. The third-order valence-electron chi connectivity index (χ3n) is 6.33. The number of hydrogen-bond donors (Lipinski definition) is 1. The number of nitrogens with zero attached hydrogens (tertiary/aromatic N) is 3. The number of imide groups is 1. The molecule has 33 heavy (non-hydrogen) atoms. The van der Waals surface area contributed by atoms with E-state index in [2.05, 4.69) is 0 Å². The molecule has 3 aliphatic rings. The minimum Gasteiger partial charge on any atom is -0.480 e. The van der Waals surface area contributed by atoms with Crippen molar-refractivity contribution in [2.45, 2.75) is 24.5 Å². The van der Waals surface area contributed by atoms with E-state index in [1.165, 1.54) is 24.3 Å². The van der Waals surface area contributed by atoms with Gasteiger partial charge >= 0.3 is 5.97 Å². The first-order chi connectivity index (χ1) is 15.8. The van der Waals surface area contributed by atoms with Gasteiger partial charge in [0.05, 0.1) is 35.3 Å². The third kappa shape index (κ3) is 3.00. The number of rotatable bonds is 3. The average Bonchev–Trinajstić information content (AvgIpc) is 2.98. The highest BCUT2D eigenvalue weighted by molar-refractivity contribution is 6.23. The average molecular weight is 451 g/mol. The number of ether oxygens (including phenoxy) is 1. The molecule has 0 radical (unpaired) electrons. The highest BCUT2D eigenvalue weighted by atomic mass is 16.6. The van der Waals surface area contributed by atoms with Gasteiger partial charge in [-0.3, -0.25) is 29.4 Å². The summed E-state index contributed by atoms with van der Waals surface area (Å²) in [6.45, 7) is -0.352. The molecule has 0 aliphatic carbocycles. The van der Waals surface area contributed by atoms with Crippen molar-refractivity contribution in [3.8, 4) is 0 Å². The smallest absolute Gasteiger partial charge is 0.328 e. The Hall–Kier alpha value is -4.12. The number of nitro groups is 1. The van der Waals surface area contributed by atoms with Crippen LogP contribution in [0.5, 0.6) is 0 Å². The molecule has 0 aromatic heterocycles. The van der Waals surface area contributed by atoms with Crippen LogP contribution in [0.25, 0.3) is 0 Å². The van der Waals surface area contributed by atoms with E-state index in [0.717, 1.165) is 9.80 Å². The summed E-state index contributed by atoms with van der Waals surface area (Å²) in [6.07, 6.45) is -0.309. The van der Waals surface area contributed by atoms with Crippen LogP contribution in [-0.2, 0) is 20.7 Å². The molecule has 2 aromatic carbocycles. The fourth-order valence-corrected chi connectivity index (χ4v) is 4.85. The first-order valence-electron chi connectivity index (χ1n) is 10.2. The van der Waals surface area contributed by atoms with Crippen molar-refractivity contribution in [2.24, 2.45) is 0 Å². The highest BCUT2D eigenvalue weighted by Crippen LogP contribution is 2.40. The maximum atomic E-state index is 13.8. The number of carbonyl (C=O) groups excluding carboxylic acids is 3. The number of amides is 3. The van der Waals surface area contributed by atoms with Crippen molar-refractivity contribution in [1.82, 2.24) is 9.80 Å². The first kappa shape index (κ1) is 20.8. The summed E-state index contributed by atoms with van der Waals surface area (Å²) in [5.41, 5.74) is 0.495. The van der Waals surface area contributed by atoms with E-state index in [-0.39, 0.29) is 42.0 Å². The minimum atomic E-state index is -1.44. The van der Waals surface area contributed by atoms with Gasteiger partial charge in [0.2, 0.25) is 5.91 Å². The molecule has 0 saturated carbocycles. The molecule has 0 bridgehead atoms. The number of aliphatic carboxylic acids is 1. The van der Waals surface area contributed by atoms with Gasteiger partial charge in [-0.1, -0.05) is 24.3 Å². The molecule has 11 nitrogen and oxygen atoms in total. The number of fused-ring (bicyclic) bond motifs is 4. The van der Waals surface area contributed by atoms with Crippen molar-refractivity contribution in [2.75, 3.05) is 13.2 Å². The molecule has 2 aromatic rings. The molecule has 3 amide bonds. The Balaban J connectivity index is 1.70. The molecule has 3 heterocycles. The fraction of sp³-hybridized carbons (Fsp3) is 0.273. The van der Waals surface area contributed by atoms with Gasteiger partial charge in [-0.05, 0) is 17.7 Å². The van der Waals surface area contributed by atoms with Gasteiger partial charge in [0.15, 0.2) is 6.04 Å². The zero-order valence-electron chi connectivity index (χ0n) is 17.0. The summed E-state index contributed by atoms with van der Waals surface area (Å²) in [7, 11) is 0. The highest BCUT2D eigenvalue weighted by Gasteiger charge is 2.51. The van der Waals surface area contributed by atoms with E-state index < -0.39 is 46.7 Å². The minimum absolute atomic E-state index is 0.0709. The Kier molecular flexibility index (Phi) is 4.71. The fourth-order valence-electron chi connectivity index (χ4n) is 4.85. The molecular formula is C22H17N3O8. The lowest BCUT2D eigenvalue weighted by molar-refractivity contribution is -0.385. The van der Waals surface area contributed by atoms with Crippen LogP contribution < -0.4 is 0 Å². The molecular weight excluding hydrogens is 434 g/mol. The third-order valence-corrected chi connectivity index (χ3v) is 6.33. The number of carboxylic acid groups (broad SMARTS) is 1. The van der Waals surface area contributed by atoms with Crippen LogP contribution in [0.3, 0.4) is 0 Å². The number of carboxylic acids is 1. The van der Waals surface area contributed by atoms with Crippen LogP contribution >= 0.6 is 0 Å². The number of benzene rings is 2. The van der Waals surface area contributed by atoms with Crippen molar-refractivity contribution < 1.29 is 33.9 Å². The molecule has 11 heteroatoms. The Labute approximate surface area is 186 Å². The number of nitro benzene ring substituents is 1. The summed E-state index contributed by atoms with van der Waals surface area (Å²) < 4.78 is 5.44. The van der Waals surface area contributed by atoms with E-state index in [1.54, 1.807) is 18.2 Å². The van der Waals surface area contributed by atoms with Gasteiger partial charge < -0.3 is 14.7 Å². The Morgan fingerprint density at radius 3 is 2.27 bits per heavy atom. The topological polar surface area (TPSA) is 147 Å². The molecule has 1 saturated heterocycles. The van der Waals surface area contributed by atoms with Crippen molar-refractivity contribution in [1.29, 1.82) is 0 Å². The summed E-state index contributed by atoms with van der Waals surface area (Å²) in [5, 5.41) is 21.5. The van der Waals surface area contributed by atoms with Crippen LogP contribution in [0.2, 0.25) is 0 Å². The van der Waals surface area contributed by atoms with E-state index in [4.69, 9.17) is 4.74 Å². The normalized spacial score (nSPS) is 24.1. The molecule has 168 valence electrons. The summed E-state index contributed by atoms with van der Waals surface area (Å²) in [5.74, 6) is -3.49. The first-order valence-corrected chi connectivity index (χ1v) is 10.2. The van der Waals surface area contributed by atoms with Gasteiger partial charge in [0, 0.05) is 18.1 Å². The zero-order valence-corrected chi connectivity index (χ0v) is 17.0. The number of carbonyl (C=O) groups is 4. The van der Waals surface area contributed by atoms with Crippen molar-refractivity contribution in [3.05, 3.63) is 74.8 Å². The second-order valence-corrected chi connectivity index (χ2v) is 8.00. The standard InChI is InChI=1S/C22H17N3O8/c26-19-12-4-1-2-5-13(12)20(27)24(19)16-8-14-11(6-3-7-15(14)25(31)32)17-9-33-10-18(22(29)30)23(17)21(16)28/h1-7,16-18H,8-10H2,(H,29,30)/t16-,17+,18-/m0/s1. The van der Waals surface area contributed by atoms with E-state index in [9.17, 15) is 34.4 Å². The van der Waals surface area contributed by atoms with Gasteiger partial charge in [0.25, 0.3) is 17.5 Å². The van der Waals surface area contributed by atoms with E-state index >= 15 is 0 Å².